The van der Waals surface area contributed by atoms with Crippen molar-refractivity contribution in [2.24, 2.45) is 5.92 Å². The smallest absolute Gasteiger partial charge is 0.251 e. The molecule has 5 nitrogen and oxygen atoms in total. The molecule has 0 saturated carbocycles. The van der Waals surface area contributed by atoms with Crippen molar-refractivity contribution in [2.45, 2.75) is 39.2 Å². The van der Waals surface area contributed by atoms with Crippen LogP contribution in [0, 0.1) is 5.92 Å². The summed E-state index contributed by atoms with van der Waals surface area (Å²) < 4.78 is 25.2. The molecule has 3 rings (SSSR count). The van der Waals surface area contributed by atoms with Gasteiger partial charge < -0.3 is 5.32 Å². The van der Waals surface area contributed by atoms with Crippen molar-refractivity contribution >= 4 is 33.0 Å². The van der Waals surface area contributed by atoms with E-state index in [2.05, 4.69) is 25.2 Å². The summed E-state index contributed by atoms with van der Waals surface area (Å²) in [6, 6.07) is 9.37. The summed E-state index contributed by atoms with van der Waals surface area (Å²) in [4.78, 5) is 14.1. The zero-order chi connectivity index (χ0) is 19.6. The molecule has 146 valence electrons. The quantitative estimate of drug-likeness (QED) is 0.756. The topological polar surface area (TPSA) is 66.5 Å². The molecule has 0 aliphatic carbocycles. The summed E-state index contributed by atoms with van der Waals surface area (Å²) in [6.07, 6.45) is 3.83. The Morgan fingerprint density at radius 1 is 1.26 bits per heavy atom. The third kappa shape index (κ3) is 4.19. The van der Waals surface area contributed by atoms with Gasteiger partial charge in [-0.2, -0.15) is 0 Å². The van der Waals surface area contributed by atoms with E-state index >= 15 is 0 Å². The Morgan fingerprint density at radius 3 is 2.59 bits per heavy atom. The lowest BCUT2D eigenvalue weighted by Gasteiger charge is -2.26. The minimum atomic E-state index is -3.28. The lowest BCUT2D eigenvalue weighted by molar-refractivity contribution is 0.0920. The Balaban J connectivity index is 1.83. The molecule has 1 N–H and O–H groups in total. The van der Waals surface area contributed by atoms with Gasteiger partial charge in [0.1, 0.15) is 0 Å². The summed E-state index contributed by atoms with van der Waals surface area (Å²) >= 11 is 1.66. The maximum atomic E-state index is 12.9. The van der Waals surface area contributed by atoms with E-state index in [1.165, 1.54) is 15.4 Å². The molecule has 0 spiro atoms. The average molecular weight is 407 g/mol. The Hall–Kier alpha value is -1.86. The fraction of sp³-hybridized carbons (Fsp3) is 0.450. The van der Waals surface area contributed by atoms with Crippen LogP contribution in [-0.4, -0.2) is 27.1 Å². The Bertz CT molecular complexity index is 903. The van der Waals surface area contributed by atoms with Gasteiger partial charge in [-0.3, -0.25) is 9.10 Å². The fourth-order valence-corrected chi connectivity index (χ4v) is 5.56. The highest BCUT2D eigenvalue weighted by Gasteiger charge is 2.28. The van der Waals surface area contributed by atoms with Gasteiger partial charge in [0, 0.05) is 17.0 Å². The number of thiophene rings is 1. The Kier molecular flexibility index (Phi) is 5.91. The third-order valence-corrected chi connectivity index (χ3v) is 7.39. The highest BCUT2D eigenvalue weighted by Crippen LogP contribution is 2.33. The van der Waals surface area contributed by atoms with Crippen LogP contribution in [0.4, 0.5) is 5.69 Å². The fourth-order valence-electron chi connectivity index (χ4n) is 3.73. The maximum Gasteiger partial charge on any atom is 0.251 e. The van der Waals surface area contributed by atoms with Crippen LogP contribution in [-0.2, 0) is 16.4 Å². The minimum absolute atomic E-state index is 0.00623. The van der Waals surface area contributed by atoms with Gasteiger partial charge in [-0.1, -0.05) is 32.8 Å². The number of carbonyl (C=O) groups excluding carboxylic acids is 1. The van der Waals surface area contributed by atoms with Crippen LogP contribution < -0.4 is 9.62 Å². The van der Waals surface area contributed by atoms with Gasteiger partial charge in [-0.25, -0.2) is 8.42 Å². The molecule has 1 amide bonds. The Morgan fingerprint density at radius 2 is 2.00 bits per heavy atom. The molecule has 1 unspecified atom stereocenters. The predicted molar refractivity (Wildman–Crippen MR) is 111 cm³/mol. The van der Waals surface area contributed by atoms with E-state index in [0.717, 1.165) is 18.4 Å². The van der Waals surface area contributed by atoms with E-state index in [1.54, 1.807) is 23.5 Å². The predicted octanol–water partition coefficient (Wildman–Crippen LogP) is 3.98. The number of rotatable bonds is 7. The van der Waals surface area contributed by atoms with Crippen molar-refractivity contribution in [3.8, 4) is 0 Å². The first kappa shape index (κ1) is 19.9. The summed E-state index contributed by atoms with van der Waals surface area (Å²) in [5, 5.41) is 5.24. The Labute approximate surface area is 165 Å². The van der Waals surface area contributed by atoms with Crippen LogP contribution in [0.1, 0.15) is 53.5 Å². The van der Waals surface area contributed by atoms with Gasteiger partial charge in [-0.15, -0.1) is 11.3 Å². The van der Waals surface area contributed by atoms with E-state index < -0.39 is 10.0 Å². The number of benzene rings is 1. The van der Waals surface area contributed by atoms with E-state index in [9.17, 15) is 13.2 Å². The van der Waals surface area contributed by atoms with Crippen molar-refractivity contribution in [1.29, 1.82) is 0 Å². The second-order valence-corrected chi connectivity index (χ2v) is 9.86. The standard InChI is InChI=1S/C20H26N2O3S2/c1-4-14(5-2)19(18-7-6-12-26-18)21-20(23)16-8-9-17-15(13-16)10-11-22(17)27(3,24)25/h6-9,12-14,19H,4-5,10-11H2,1-3H3,(H,21,23). The molecule has 2 heterocycles. The number of carbonyl (C=O) groups is 1. The molecule has 1 atom stereocenters. The van der Waals surface area contributed by atoms with Crippen LogP contribution in [0.5, 0.6) is 0 Å². The van der Waals surface area contributed by atoms with Gasteiger partial charge in [0.05, 0.1) is 18.0 Å². The normalized spacial score (nSPS) is 15.0. The zero-order valence-corrected chi connectivity index (χ0v) is 17.6. The molecule has 7 heteroatoms. The molecule has 1 aliphatic heterocycles. The summed E-state index contributed by atoms with van der Waals surface area (Å²) in [5.74, 6) is 0.267. The first-order valence-corrected chi connectivity index (χ1v) is 12.0. The summed E-state index contributed by atoms with van der Waals surface area (Å²) in [5.41, 5.74) is 2.17. The monoisotopic (exact) mass is 406 g/mol. The van der Waals surface area contributed by atoms with Crippen LogP contribution in [0.25, 0.3) is 0 Å². The second-order valence-electron chi connectivity index (χ2n) is 6.97. The first-order chi connectivity index (χ1) is 12.8. The van der Waals surface area contributed by atoms with E-state index in [-0.39, 0.29) is 11.9 Å². The molecular formula is C20H26N2O3S2. The van der Waals surface area contributed by atoms with Gasteiger partial charge >= 0.3 is 0 Å². The lowest BCUT2D eigenvalue weighted by Crippen LogP contribution is -2.32. The van der Waals surface area contributed by atoms with Crippen molar-refractivity contribution in [3.05, 3.63) is 51.7 Å². The molecule has 27 heavy (non-hydrogen) atoms. The van der Waals surface area contributed by atoms with Crippen molar-refractivity contribution < 1.29 is 13.2 Å². The van der Waals surface area contributed by atoms with Crippen molar-refractivity contribution in [3.63, 3.8) is 0 Å². The number of hydrogen-bond donors (Lipinski definition) is 1. The number of sulfonamides is 1. The maximum absolute atomic E-state index is 12.9. The molecule has 0 fully saturated rings. The lowest BCUT2D eigenvalue weighted by atomic mass is 9.92. The van der Waals surface area contributed by atoms with Crippen molar-refractivity contribution in [2.75, 3.05) is 17.1 Å². The van der Waals surface area contributed by atoms with Crippen LogP contribution in [0.2, 0.25) is 0 Å². The SMILES string of the molecule is CCC(CC)C(NC(=O)c1ccc2c(c1)CCN2S(C)(=O)=O)c1cccs1. The number of hydrogen-bond acceptors (Lipinski definition) is 4. The molecule has 0 saturated heterocycles. The average Bonchev–Trinajstić information content (AvgIpc) is 3.30. The third-order valence-electron chi connectivity index (χ3n) is 5.25. The number of amides is 1. The number of anilines is 1. The molecule has 1 aromatic heterocycles. The van der Waals surface area contributed by atoms with Gasteiger partial charge in [0.2, 0.25) is 10.0 Å². The number of fused-ring (bicyclic) bond motifs is 1. The highest BCUT2D eigenvalue weighted by molar-refractivity contribution is 7.92. The molecular weight excluding hydrogens is 380 g/mol. The van der Waals surface area contributed by atoms with E-state index in [1.807, 2.05) is 17.5 Å². The molecule has 2 aromatic rings. The minimum Gasteiger partial charge on any atom is -0.344 e. The van der Waals surface area contributed by atoms with Gasteiger partial charge in [0.15, 0.2) is 0 Å². The zero-order valence-electron chi connectivity index (χ0n) is 15.9. The van der Waals surface area contributed by atoms with E-state index in [0.29, 0.717) is 30.1 Å². The first-order valence-electron chi connectivity index (χ1n) is 9.30. The largest absolute Gasteiger partial charge is 0.344 e. The molecule has 0 radical (unpaired) electrons. The highest BCUT2D eigenvalue weighted by atomic mass is 32.2. The summed E-state index contributed by atoms with van der Waals surface area (Å²) in [7, 11) is -3.28. The van der Waals surface area contributed by atoms with E-state index in [4.69, 9.17) is 0 Å². The molecule has 0 bridgehead atoms. The second kappa shape index (κ2) is 8.02. The van der Waals surface area contributed by atoms with Gasteiger partial charge in [0.25, 0.3) is 5.91 Å². The van der Waals surface area contributed by atoms with Crippen LogP contribution >= 0.6 is 11.3 Å². The number of nitrogens with zero attached hydrogens (tertiary/aromatic N) is 1. The molecule has 1 aromatic carbocycles. The number of nitrogens with one attached hydrogen (secondary N) is 1. The van der Waals surface area contributed by atoms with Crippen molar-refractivity contribution in [1.82, 2.24) is 5.32 Å². The summed E-state index contributed by atoms with van der Waals surface area (Å²) in [6.45, 7) is 4.73. The van der Waals surface area contributed by atoms with Gasteiger partial charge in [-0.05, 0) is 47.5 Å². The van der Waals surface area contributed by atoms with Crippen LogP contribution in [0.15, 0.2) is 35.7 Å². The van der Waals surface area contributed by atoms with Crippen LogP contribution in [0.3, 0.4) is 0 Å². The molecule has 1 aliphatic rings.